The van der Waals surface area contributed by atoms with Crippen molar-refractivity contribution in [2.24, 2.45) is 0 Å². The monoisotopic (exact) mass is 507 g/mol. The Kier molecular flexibility index (Phi) is 7.67. The van der Waals surface area contributed by atoms with E-state index in [4.69, 9.17) is 11.6 Å². The van der Waals surface area contributed by atoms with Crippen LogP contribution in [0.2, 0.25) is 5.02 Å². The van der Waals surface area contributed by atoms with Crippen molar-refractivity contribution in [2.75, 3.05) is 10.6 Å². The van der Waals surface area contributed by atoms with E-state index in [1.807, 2.05) is 86.0 Å². The molecule has 0 aliphatic rings. The molecule has 172 valence electrons. The average Bonchev–Trinajstić information content (AvgIpc) is 3.28. The number of aromatic nitrogens is 1. The fourth-order valence-corrected chi connectivity index (χ4v) is 5.01. The van der Waals surface area contributed by atoms with Crippen LogP contribution in [0.3, 0.4) is 0 Å². The maximum atomic E-state index is 12.7. The first-order valence-corrected chi connectivity index (χ1v) is 12.7. The largest absolute Gasteiger partial charge is 0.322 e. The number of thioether (sulfide) groups is 1. The van der Waals surface area contributed by atoms with Crippen LogP contribution in [0.15, 0.2) is 83.1 Å². The summed E-state index contributed by atoms with van der Waals surface area (Å²) in [6.45, 7) is 3.79. The molecule has 1 unspecified atom stereocenters. The lowest BCUT2D eigenvalue weighted by Gasteiger charge is -2.11. The second-order valence-corrected chi connectivity index (χ2v) is 10.3. The molecule has 3 aromatic carbocycles. The van der Waals surface area contributed by atoms with Crippen LogP contribution in [0.5, 0.6) is 0 Å². The van der Waals surface area contributed by atoms with Crippen molar-refractivity contribution >= 4 is 57.3 Å². The van der Waals surface area contributed by atoms with Crippen molar-refractivity contribution in [3.8, 4) is 11.3 Å². The van der Waals surface area contributed by atoms with Gasteiger partial charge in [0.25, 0.3) is 5.91 Å². The number of carbonyl (C=O) groups excluding carboxylic acids is 2. The Labute approximate surface area is 211 Å². The summed E-state index contributed by atoms with van der Waals surface area (Å²) in [5, 5.41) is 8.46. The van der Waals surface area contributed by atoms with E-state index in [9.17, 15) is 9.59 Å². The third kappa shape index (κ3) is 6.05. The van der Waals surface area contributed by atoms with E-state index in [0.29, 0.717) is 21.4 Å². The first kappa shape index (κ1) is 24.0. The lowest BCUT2D eigenvalue weighted by molar-refractivity contribution is -0.115. The summed E-state index contributed by atoms with van der Waals surface area (Å²) in [6.07, 6.45) is 0. The molecule has 4 rings (SSSR count). The van der Waals surface area contributed by atoms with E-state index in [-0.39, 0.29) is 17.1 Å². The smallest absolute Gasteiger partial charge is 0.255 e. The van der Waals surface area contributed by atoms with Crippen LogP contribution < -0.4 is 10.6 Å². The number of rotatable bonds is 7. The molecule has 1 aromatic heterocycles. The summed E-state index contributed by atoms with van der Waals surface area (Å²) in [5.74, 6) is -0.293. The number of halogens is 1. The molecule has 0 aliphatic heterocycles. The lowest BCUT2D eigenvalue weighted by Crippen LogP contribution is -2.22. The summed E-state index contributed by atoms with van der Waals surface area (Å²) < 4.78 is 0. The molecule has 0 saturated carbocycles. The van der Waals surface area contributed by atoms with Crippen LogP contribution in [0.4, 0.5) is 10.8 Å². The zero-order valence-electron chi connectivity index (χ0n) is 18.5. The third-order valence-corrected chi connectivity index (χ3v) is 7.16. The Morgan fingerprint density at radius 1 is 1.00 bits per heavy atom. The Bertz CT molecular complexity index is 1320. The van der Waals surface area contributed by atoms with Gasteiger partial charge in [-0.15, -0.1) is 23.1 Å². The number of aryl methyl sites for hydroxylation is 1. The predicted octanol–water partition coefficient (Wildman–Crippen LogP) is 7.14. The zero-order valence-corrected chi connectivity index (χ0v) is 20.9. The van der Waals surface area contributed by atoms with Gasteiger partial charge in [0.05, 0.1) is 10.9 Å². The molecule has 2 amide bonds. The van der Waals surface area contributed by atoms with Gasteiger partial charge in [0, 0.05) is 32.1 Å². The van der Waals surface area contributed by atoms with Gasteiger partial charge in [-0.05, 0) is 56.3 Å². The molecule has 1 heterocycles. The zero-order chi connectivity index (χ0) is 24.1. The molecule has 2 N–H and O–H groups in total. The quantitative estimate of drug-likeness (QED) is 0.261. The molecule has 5 nitrogen and oxygen atoms in total. The molecule has 8 heteroatoms. The SMILES string of the molecule is Cc1cccc(C(=O)Nc2ccc(SC(C)C(=O)Nc3nc(-c4ccccc4Cl)cs3)cc2)c1. The number of benzene rings is 3. The second kappa shape index (κ2) is 10.9. The molecule has 0 aliphatic carbocycles. The minimum absolute atomic E-state index is 0.137. The molecule has 0 spiro atoms. The number of nitrogens with one attached hydrogen (secondary N) is 2. The van der Waals surface area contributed by atoms with Crippen LogP contribution >= 0.6 is 34.7 Å². The molecule has 34 heavy (non-hydrogen) atoms. The van der Waals surface area contributed by atoms with Crippen molar-refractivity contribution in [3.05, 3.63) is 94.3 Å². The highest BCUT2D eigenvalue weighted by molar-refractivity contribution is 8.00. The van der Waals surface area contributed by atoms with Gasteiger partial charge in [-0.25, -0.2) is 4.98 Å². The number of nitrogens with zero attached hydrogens (tertiary/aromatic N) is 1. The van der Waals surface area contributed by atoms with Gasteiger partial charge >= 0.3 is 0 Å². The molecule has 4 aromatic rings. The Morgan fingerprint density at radius 3 is 2.50 bits per heavy atom. The predicted molar refractivity (Wildman–Crippen MR) is 142 cm³/mol. The van der Waals surface area contributed by atoms with Gasteiger partial charge in [-0.2, -0.15) is 0 Å². The topological polar surface area (TPSA) is 71.1 Å². The Balaban J connectivity index is 1.33. The Morgan fingerprint density at radius 2 is 1.76 bits per heavy atom. The number of carbonyl (C=O) groups is 2. The summed E-state index contributed by atoms with van der Waals surface area (Å²) in [5.41, 5.74) is 3.91. The highest BCUT2D eigenvalue weighted by Gasteiger charge is 2.17. The molecular formula is C26H22ClN3O2S2. The van der Waals surface area contributed by atoms with Crippen molar-refractivity contribution < 1.29 is 9.59 Å². The van der Waals surface area contributed by atoms with Crippen molar-refractivity contribution in [1.29, 1.82) is 0 Å². The fraction of sp³-hybridized carbons (Fsp3) is 0.115. The number of hydrogen-bond acceptors (Lipinski definition) is 5. The minimum Gasteiger partial charge on any atom is -0.322 e. The average molecular weight is 508 g/mol. The number of anilines is 2. The van der Waals surface area contributed by atoms with E-state index in [1.54, 1.807) is 6.07 Å². The van der Waals surface area contributed by atoms with Crippen LogP contribution in [0.25, 0.3) is 11.3 Å². The molecular weight excluding hydrogens is 486 g/mol. The van der Waals surface area contributed by atoms with Crippen LogP contribution in [-0.4, -0.2) is 22.0 Å². The van der Waals surface area contributed by atoms with Crippen LogP contribution in [0.1, 0.15) is 22.8 Å². The third-order valence-electron chi connectivity index (χ3n) is 4.96. The highest BCUT2D eigenvalue weighted by Crippen LogP contribution is 2.31. The first-order valence-electron chi connectivity index (χ1n) is 10.5. The van der Waals surface area contributed by atoms with Crippen molar-refractivity contribution in [3.63, 3.8) is 0 Å². The summed E-state index contributed by atoms with van der Waals surface area (Å²) in [6, 6.07) is 22.4. The highest BCUT2D eigenvalue weighted by atomic mass is 35.5. The first-order chi connectivity index (χ1) is 16.4. The number of amides is 2. The van der Waals surface area contributed by atoms with Gasteiger partial charge in [0.15, 0.2) is 5.13 Å². The molecule has 1 atom stereocenters. The van der Waals surface area contributed by atoms with E-state index >= 15 is 0 Å². The maximum absolute atomic E-state index is 12.7. The van der Waals surface area contributed by atoms with E-state index in [2.05, 4.69) is 15.6 Å². The van der Waals surface area contributed by atoms with Gasteiger partial charge in [-0.1, -0.05) is 47.5 Å². The summed E-state index contributed by atoms with van der Waals surface area (Å²) in [7, 11) is 0. The van der Waals surface area contributed by atoms with Gasteiger partial charge < -0.3 is 10.6 Å². The van der Waals surface area contributed by atoms with E-state index < -0.39 is 0 Å². The summed E-state index contributed by atoms with van der Waals surface area (Å²) in [4.78, 5) is 30.5. The van der Waals surface area contributed by atoms with Crippen LogP contribution in [0, 0.1) is 6.92 Å². The second-order valence-electron chi connectivity index (χ2n) is 7.62. The minimum atomic E-state index is -0.333. The van der Waals surface area contributed by atoms with E-state index in [1.165, 1.54) is 23.1 Å². The van der Waals surface area contributed by atoms with E-state index in [0.717, 1.165) is 21.7 Å². The van der Waals surface area contributed by atoms with Gasteiger partial charge in [0.2, 0.25) is 5.91 Å². The number of thiazole rings is 1. The standard InChI is InChI=1S/C26H22ClN3O2S2/c1-16-6-5-7-18(14-16)25(32)28-19-10-12-20(13-11-19)34-17(2)24(31)30-26-29-23(15-33-26)21-8-3-4-9-22(21)27/h3-15,17H,1-2H3,(H,28,32)(H,29,30,31). The lowest BCUT2D eigenvalue weighted by atomic mass is 10.1. The Hall–Kier alpha value is -3.13. The summed E-state index contributed by atoms with van der Waals surface area (Å²) >= 11 is 9.04. The molecule has 0 bridgehead atoms. The maximum Gasteiger partial charge on any atom is 0.255 e. The van der Waals surface area contributed by atoms with Crippen molar-refractivity contribution in [2.45, 2.75) is 24.0 Å². The fourth-order valence-electron chi connectivity index (χ4n) is 3.19. The molecule has 0 radical (unpaired) electrons. The number of hydrogen-bond donors (Lipinski definition) is 2. The molecule has 0 fully saturated rings. The van der Waals surface area contributed by atoms with Gasteiger partial charge in [-0.3, -0.25) is 9.59 Å². The van der Waals surface area contributed by atoms with Crippen molar-refractivity contribution in [1.82, 2.24) is 4.98 Å². The normalized spacial score (nSPS) is 11.6. The molecule has 0 saturated heterocycles. The van der Waals surface area contributed by atoms with Gasteiger partial charge in [0.1, 0.15) is 0 Å². The van der Waals surface area contributed by atoms with Crippen LogP contribution in [-0.2, 0) is 4.79 Å².